The SMILES string of the molecule is COc1cc(C(=O)CC(=O)c2ccc3c(c2)OCO3)c(OC)c2c1OC(C)(C)C=C2. The third kappa shape index (κ3) is 3.47. The molecule has 156 valence electrons. The van der Waals surface area contributed by atoms with Gasteiger partial charge in [-0.25, -0.2) is 0 Å². The molecule has 2 heterocycles. The maximum absolute atomic E-state index is 13.0. The Morgan fingerprint density at radius 1 is 1.03 bits per heavy atom. The molecule has 2 aromatic carbocycles. The second-order valence-corrected chi connectivity index (χ2v) is 7.53. The molecule has 0 N–H and O–H groups in total. The first-order chi connectivity index (χ1) is 14.3. The van der Waals surface area contributed by atoms with E-state index in [1.165, 1.54) is 14.2 Å². The minimum atomic E-state index is -0.522. The molecule has 0 unspecified atom stereocenters. The summed E-state index contributed by atoms with van der Waals surface area (Å²) in [4.78, 5) is 25.8. The molecule has 7 heteroatoms. The van der Waals surface area contributed by atoms with Gasteiger partial charge in [0.2, 0.25) is 6.79 Å². The number of carbonyl (C=O) groups is 2. The van der Waals surface area contributed by atoms with E-state index in [0.717, 1.165) is 0 Å². The van der Waals surface area contributed by atoms with Crippen molar-refractivity contribution in [2.45, 2.75) is 25.9 Å². The summed E-state index contributed by atoms with van der Waals surface area (Å²) in [6.45, 7) is 3.95. The zero-order chi connectivity index (χ0) is 21.5. The molecule has 0 amide bonds. The summed E-state index contributed by atoms with van der Waals surface area (Å²) in [5.74, 6) is 1.61. The van der Waals surface area contributed by atoms with Gasteiger partial charge in [0.1, 0.15) is 11.4 Å². The van der Waals surface area contributed by atoms with Crippen LogP contribution in [0, 0.1) is 0 Å². The number of ether oxygens (including phenoxy) is 5. The van der Waals surface area contributed by atoms with Crippen molar-refractivity contribution in [3.8, 4) is 28.7 Å². The second-order valence-electron chi connectivity index (χ2n) is 7.53. The van der Waals surface area contributed by atoms with Crippen molar-refractivity contribution >= 4 is 17.6 Å². The molecule has 2 aliphatic heterocycles. The van der Waals surface area contributed by atoms with Crippen LogP contribution in [0.1, 0.15) is 46.5 Å². The van der Waals surface area contributed by atoms with E-state index >= 15 is 0 Å². The predicted octanol–water partition coefficient (Wildman–Crippen LogP) is 4.07. The predicted molar refractivity (Wildman–Crippen MR) is 109 cm³/mol. The molecule has 0 bridgehead atoms. The van der Waals surface area contributed by atoms with Gasteiger partial charge in [-0.3, -0.25) is 9.59 Å². The highest BCUT2D eigenvalue weighted by Gasteiger charge is 2.31. The highest BCUT2D eigenvalue weighted by molar-refractivity contribution is 6.15. The van der Waals surface area contributed by atoms with Crippen molar-refractivity contribution in [2.75, 3.05) is 21.0 Å². The Morgan fingerprint density at radius 2 is 1.80 bits per heavy atom. The van der Waals surface area contributed by atoms with Gasteiger partial charge < -0.3 is 23.7 Å². The molecular weight excluding hydrogens is 388 g/mol. The van der Waals surface area contributed by atoms with Crippen molar-refractivity contribution in [2.24, 2.45) is 0 Å². The first kappa shape index (κ1) is 19.8. The van der Waals surface area contributed by atoms with Crippen LogP contribution in [0.15, 0.2) is 30.3 Å². The van der Waals surface area contributed by atoms with Crippen molar-refractivity contribution in [1.82, 2.24) is 0 Å². The molecule has 4 rings (SSSR count). The lowest BCUT2D eigenvalue weighted by atomic mass is 9.95. The lowest BCUT2D eigenvalue weighted by Gasteiger charge is -2.30. The summed E-state index contributed by atoms with van der Waals surface area (Å²) in [7, 11) is 2.98. The number of rotatable bonds is 6. The van der Waals surface area contributed by atoms with E-state index in [1.807, 2.05) is 26.0 Å². The molecule has 0 radical (unpaired) electrons. The number of benzene rings is 2. The summed E-state index contributed by atoms with van der Waals surface area (Å²) >= 11 is 0. The summed E-state index contributed by atoms with van der Waals surface area (Å²) in [6.07, 6.45) is 3.40. The smallest absolute Gasteiger partial charge is 0.231 e. The average molecular weight is 410 g/mol. The number of hydrogen-bond acceptors (Lipinski definition) is 7. The van der Waals surface area contributed by atoms with Gasteiger partial charge in [0.25, 0.3) is 0 Å². The monoisotopic (exact) mass is 410 g/mol. The summed E-state index contributed by atoms with van der Waals surface area (Å²) in [5, 5.41) is 0. The maximum atomic E-state index is 13.0. The molecule has 0 saturated heterocycles. The zero-order valence-corrected chi connectivity index (χ0v) is 17.2. The minimum Gasteiger partial charge on any atom is -0.495 e. The normalized spacial score (nSPS) is 15.2. The van der Waals surface area contributed by atoms with E-state index in [-0.39, 0.29) is 30.3 Å². The van der Waals surface area contributed by atoms with Gasteiger partial charge in [-0.05, 0) is 50.3 Å². The van der Waals surface area contributed by atoms with Crippen molar-refractivity contribution in [1.29, 1.82) is 0 Å². The minimum absolute atomic E-state index is 0.115. The van der Waals surface area contributed by atoms with E-state index in [4.69, 9.17) is 23.7 Å². The maximum Gasteiger partial charge on any atom is 0.231 e. The van der Waals surface area contributed by atoms with Gasteiger partial charge in [-0.1, -0.05) is 0 Å². The first-order valence-electron chi connectivity index (χ1n) is 9.46. The van der Waals surface area contributed by atoms with Crippen LogP contribution in [0.5, 0.6) is 28.7 Å². The van der Waals surface area contributed by atoms with Crippen LogP contribution in [0.4, 0.5) is 0 Å². The molecule has 0 aliphatic carbocycles. The Morgan fingerprint density at radius 3 is 2.53 bits per heavy atom. The van der Waals surface area contributed by atoms with E-state index in [9.17, 15) is 9.59 Å². The topological polar surface area (TPSA) is 80.3 Å². The molecule has 2 aromatic rings. The van der Waals surface area contributed by atoms with Crippen LogP contribution in [-0.4, -0.2) is 38.2 Å². The van der Waals surface area contributed by atoms with Gasteiger partial charge in [0.15, 0.2) is 34.6 Å². The fourth-order valence-corrected chi connectivity index (χ4v) is 3.47. The summed E-state index contributed by atoms with van der Waals surface area (Å²) in [6, 6.07) is 6.42. The van der Waals surface area contributed by atoms with Crippen LogP contribution >= 0.6 is 0 Å². The zero-order valence-electron chi connectivity index (χ0n) is 17.2. The molecule has 7 nitrogen and oxygen atoms in total. The number of fused-ring (bicyclic) bond motifs is 2. The largest absolute Gasteiger partial charge is 0.495 e. The van der Waals surface area contributed by atoms with Crippen LogP contribution in [0.2, 0.25) is 0 Å². The molecule has 0 spiro atoms. The standard InChI is InChI=1S/C23H22O7/c1-23(2)8-7-14-21(27-4)15(10-20(26-3)22(14)30-23)17(25)11-16(24)13-5-6-18-19(9-13)29-12-28-18/h5-10H,11-12H2,1-4H3. The highest BCUT2D eigenvalue weighted by atomic mass is 16.7. The molecule has 0 saturated carbocycles. The Balaban J connectivity index is 1.66. The highest BCUT2D eigenvalue weighted by Crippen LogP contribution is 2.46. The third-order valence-electron chi connectivity index (χ3n) is 4.99. The fourth-order valence-electron chi connectivity index (χ4n) is 3.47. The second kappa shape index (κ2) is 7.40. The van der Waals surface area contributed by atoms with E-state index in [2.05, 4.69) is 0 Å². The Bertz CT molecular complexity index is 1070. The van der Waals surface area contributed by atoms with Crippen LogP contribution in [-0.2, 0) is 0 Å². The molecule has 30 heavy (non-hydrogen) atoms. The quantitative estimate of drug-likeness (QED) is 0.524. The van der Waals surface area contributed by atoms with Crippen molar-refractivity contribution in [3.05, 3.63) is 47.0 Å². The van der Waals surface area contributed by atoms with E-state index in [0.29, 0.717) is 39.9 Å². The van der Waals surface area contributed by atoms with Gasteiger partial charge in [0.05, 0.1) is 31.8 Å². The van der Waals surface area contributed by atoms with Gasteiger partial charge >= 0.3 is 0 Å². The Kier molecular flexibility index (Phi) is 4.89. The van der Waals surface area contributed by atoms with E-state index in [1.54, 1.807) is 24.3 Å². The van der Waals surface area contributed by atoms with Crippen LogP contribution < -0.4 is 23.7 Å². The number of methoxy groups -OCH3 is 2. The molecule has 2 aliphatic rings. The molecular formula is C23H22O7. The van der Waals surface area contributed by atoms with Crippen LogP contribution in [0.25, 0.3) is 6.08 Å². The van der Waals surface area contributed by atoms with Crippen LogP contribution in [0.3, 0.4) is 0 Å². The molecule has 0 fully saturated rings. The number of hydrogen-bond donors (Lipinski definition) is 0. The summed E-state index contributed by atoms with van der Waals surface area (Å²) < 4.78 is 27.6. The van der Waals surface area contributed by atoms with Gasteiger partial charge in [0, 0.05) is 5.56 Å². The van der Waals surface area contributed by atoms with Crippen molar-refractivity contribution in [3.63, 3.8) is 0 Å². The first-order valence-corrected chi connectivity index (χ1v) is 9.46. The molecule has 0 atom stereocenters. The third-order valence-corrected chi connectivity index (χ3v) is 4.99. The Hall–Kier alpha value is -3.48. The van der Waals surface area contributed by atoms with Gasteiger partial charge in [-0.15, -0.1) is 0 Å². The van der Waals surface area contributed by atoms with Crippen molar-refractivity contribution < 1.29 is 33.3 Å². The lowest BCUT2D eigenvalue weighted by molar-refractivity contribution is 0.0892. The average Bonchev–Trinajstić information content (AvgIpc) is 3.19. The Labute approximate surface area is 174 Å². The summed E-state index contributed by atoms with van der Waals surface area (Å²) in [5.41, 5.74) is 0.721. The number of Topliss-reactive ketones (excluding diaryl/α,β-unsaturated/α-hetero) is 2. The molecule has 0 aromatic heterocycles. The van der Waals surface area contributed by atoms with E-state index < -0.39 is 5.60 Å². The number of ketones is 2. The fraction of sp³-hybridized carbons (Fsp3) is 0.304. The van der Waals surface area contributed by atoms with Gasteiger partial charge in [-0.2, -0.15) is 0 Å². The lowest BCUT2D eigenvalue weighted by Crippen LogP contribution is -2.28. The number of carbonyl (C=O) groups excluding carboxylic acids is 2.